The van der Waals surface area contributed by atoms with Gasteiger partial charge in [0.2, 0.25) is 0 Å². The van der Waals surface area contributed by atoms with Crippen molar-refractivity contribution in [3.05, 3.63) is 40.0 Å². The maximum atomic E-state index is 12.5. The zero-order valence-corrected chi connectivity index (χ0v) is 13.6. The van der Waals surface area contributed by atoms with E-state index in [-0.39, 0.29) is 12.1 Å². The van der Waals surface area contributed by atoms with Gasteiger partial charge >= 0.3 is 6.03 Å². The van der Waals surface area contributed by atoms with Crippen LogP contribution in [-0.2, 0) is 11.3 Å². The number of amides is 2. The maximum Gasteiger partial charge on any atom is 0.322 e. The van der Waals surface area contributed by atoms with Crippen LogP contribution in [0.5, 0.6) is 0 Å². The molecule has 1 aliphatic rings. The lowest BCUT2D eigenvalue weighted by Gasteiger charge is -2.23. The predicted molar refractivity (Wildman–Crippen MR) is 86.2 cm³/mol. The number of furan rings is 1. The highest BCUT2D eigenvalue weighted by Gasteiger charge is 2.32. The summed E-state index contributed by atoms with van der Waals surface area (Å²) in [4.78, 5) is 14.4. The number of nitrogens with one attached hydrogen (secondary N) is 1. The minimum absolute atomic E-state index is 0.00421. The number of carbonyl (C=O) groups excluding carboxylic acids is 1. The van der Waals surface area contributed by atoms with Crippen LogP contribution in [0.15, 0.2) is 27.3 Å². The van der Waals surface area contributed by atoms with E-state index in [1.54, 1.807) is 18.4 Å². The van der Waals surface area contributed by atoms with Gasteiger partial charge in [-0.15, -0.1) is 11.3 Å². The van der Waals surface area contributed by atoms with E-state index in [0.29, 0.717) is 6.61 Å². The molecule has 0 unspecified atom stereocenters. The van der Waals surface area contributed by atoms with Crippen LogP contribution in [0, 0.1) is 6.92 Å². The Morgan fingerprint density at radius 1 is 1.50 bits per heavy atom. The van der Waals surface area contributed by atoms with Gasteiger partial charge < -0.3 is 19.4 Å². The monoisotopic (exact) mass is 320 g/mol. The number of urea groups is 1. The summed E-state index contributed by atoms with van der Waals surface area (Å²) >= 11 is 1.59. The molecule has 1 N–H and O–H groups in total. The second-order valence-electron chi connectivity index (χ2n) is 5.49. The quantitative estimate of drug-likeness (QED) is 0.920. The van der Waals surface area contributed by atoms with E-state index in [0.717, 1.165) is 42.2 Å². The molecule has 118 valence electrons. The van der Waals surface area contributed by atoms with Crippen LogP contribution in [-0.4, -0.2) is 24.6 Å². The van der Waals surface area contributed by atoms with E-state index in [1.807, 2.05) is 34.7 Å². The van der Waals surface area contributed by atoms with Crippen molar-refractivity contribution < 1.29 is 13.9 Å². The third-order valence-electron chi connectivity index (χ3n) is 3.91. The van der Waals surface area contributed by atoms with Crippen LogP contribution in [0.2, 0.25) is 0 Å². The molecular weight excluding hydrogens is 300 g/mol. The van der Waals surface area contributed by atoms with Crippen molar-refractivity contribution in [3.63, 3.8) is 0 Å². The Kier molecular flexibility index (Phi) is 4.49. The average Bonchev–Trinajstić information content (AvgIpc) is 3.20. The summed E-state index contributed by atoms with van der Waals surface area (Å²) in [5, 5.41) is 6.98. The number of methoxy groups -OCH3 is 1. The molecular formula is C16H20N2O3S. The zero-order chi connectivity index (χ0) is 15.5. The Labute approximate surface area is 133 Å². The number of nitrogens with zero attached hydrogens (tertiary/aromatic N) is 1. The Morgan fingerprint density at radius 2 is 2.36 bits per heavy atom. The largest absolute Gasteiger partial charge is 0.461 e. The molecule has 0 saturated carbocycles. The van der Waals surface area contributed by atoms with Gasteiger partial charge in [0.25, 0.3) is 0 Å². The highest BCUT2D eigenvalue weighted by atomic mass is 32.1. The third kappa shape index (κ3) is 3.03. The molecule has 0 radical (unpaired) electrons. The number of aryl methyl sites for hydroxylation is 1. The molecule has 3 heterocycles. The van der Waals surface area contributed by atoms with Crippen LogP contribution in [0.1, 0.15) is 36.0 Å². The van der Waals surface area contributed by atoms with Gasteiger partial charge in [0.1, 0.15) is 18.1 Å². The highest BCUT2D eigenvalue weighted by Crippen LogP contribution is 2.34. The number of hydrogen-bond acceptors (Lipinski definition) is 4. The fourth-order valence-corrected chi connectivity index (χ4v) is 3.55. The van der Waals surface area contributed by atoms with Crippen LogP contribution >= 0.6 is 11.3 Å². The van der Waals surface area contributed by atoms with Gasteiger partial charge in [0, 0.05) is 19.0 Å². The van der Waals surface area contributed by atoms with Crippen molar-refractivity contribution in [3.8, 4) is 0 Å². The first-order valence-electron chi connectivity index (χ1n) is 7.37. The lowest BCUT2D eigenvalue weighted by atomic mass is 10.2. The number of likely N-dealkylation sites (tertiary alicyclic amines) is 1. The molecule has 1 saturated heterocycles. The molecule has 1 fully saturated rings. The molecule has 0 aliphatic carbocycles. The smallest absolute Gasteiger partial charge is 0.322 e. The Morgan fingerprint density at radius 3 is 3.09 bits per heavy atom. The van der Waals surface area contributed by atoms with Gasteiger partial charge in [-0.1, -0.05) is 0 Å². The number of hydrogen-bond donors (Lipinski definition) is 1. The minimum atomic E-state index is -0.0614. The number of carbonyl (C=O) groups is 1. The number of thiophene rings is 1. The molecule has 2 aromatic rings. The lowest BCUT2D eigenvalue weighted by Crippen LogP contribution is -2.34. The maximum absolute atomic E-state index is 12.5. The van der Waals surface area contributed by atoms with Crippen molar-refractivity contribution in [2.45, 2.75) is 32.4 Å². The van der Waals surface area contributed by atoms with Gasteiger partial charge in [-0.25, -0.2) is 4.79 Å². The topological polar surface area (TPSA) is 54.7 Å². The summed E-state index contributed by atoms with van der Waals surface area (Å²) in [5.41, 5.74) is 1.98. The van der Waals surface area contributed by atoms with E-state index >= 15 is 0 Å². The summed E-state index contributed by atoms with van der Waals surface area (Å²) < 4.78 is 10.9. The summed E-state index contributed by atoms with van der Waals surface area (Å²) in [6.45, 7) is 3.20. The van der Waals surface area contributed by atoms with E-state index in [4.69, 9.17) is 9.15 Å². The molecule has 1 aliphatic heterocycles. The van der Waals surface area contributed by atoms with Crippen molar-refractivity contribution >= 4 is 23.1 Å². The summed E-state index contributed by atoms with van der Waals surface area (Å²) in [5.74, 6) is 1.63. The van der Waals surface area contributed by atoms with E-state index in [9.17, 15) is 4.79 Å². The second kappa shape index (κ2) is 6.54. The first-order valence-corrected chi connectivity index (χ1v) is 8.31. The van der Waals surface area contributed by atoms with Gasteiger partial charge in [0.15, 0.2) is 0 Å². The minimum Gasteiger partial charge on any atom is -0.461 e. The molecule has 0 spiro atoms. The van der Waals surface area contributed by atoms with Crippen molar-refractivity contribution in [1.82, 2.24) is 4.90 Å². The average molecular weight is 320 g/mol. The van der Waals surface area contributed by atoms with Crippen molar-refractivity contribution in [1.29, 1.82) is 0 Å². The number of anilines is 1. The van der Waals surface area contributed by atoms with Gasteiger partial charge in [0.05, 0.1) is 11.7 Å². The molecule has 22 heavy (non-hydrogen) atoms. The van der Waals surface area contributed by atoms with Gasteiger partial charge in [-0.2, -0.15) is 0 Å². The SMILES string of the molecule is COCc1ccc([C@H]2CCCN2C(=O)Nc2cscc2C)o1. The molecule has 0 aromatic carbocycles. The molecule has 1 atom stereocenters. The normalized spacial score (nSPS) is 17.9. The first-order chi connectivity index (χ1) is 10.7. The summed E-state index contributed by atoms with van der Waals surface area (Å²) in [6, 6.07) is 3.80. The predicted octanol–water partition coefficient (Wildman–Crippen LogP) is 4.16. The molecule has 5 nitrogen and oxygen atoms in total. The van der Waals surface area contributed by atoms with Crippen LogP contribution in [0.25, 0.3) is 0 Å². The van der Waals surface area contributed by atoms with Gasteiger partial charge in [-0.3, -0.25) is 0 Å². The second-order valence-corrected chi connectivity index (χ2v) is 6.23. The summed E-state index contributed by atoms with van der Waals surface area (Å²) in [6.07, 6.45) is 1.91. The fraction of sp³-hybridized carbons (Fsp3) is 0.438. The lowest BCUT2D eigenvalue weighted by molar-refractivity contribution is 0.157. The number of rotatable bonds is 4. The van der Waals surface area contributed by atoms with Crippen molar-refractivity contribution in [2.75, 3.05) is 19.0 Å². The van der Waals surface area contributed by atoms with Crippen molar-refractivity contribution in [2.24, 2.45) is 0 Å². The Bertz CT molecular complexity index is 649. The molecule has 0 bridgehead atoms. The van der Waals surface area contributed by atoms with Gasteiger partial charge in [-0.05, 0) is 42.8 Å². The zero-order valence-electron chi connectivity index (χ0n) is 12.8. The Hall–Kier alpha value is -1.79. The Balaban J connectivity index is 1.72. The van der Waals surface area contributed by atoms with E-state index < -0.39 is 0 Å². The van der Waals surface area contributed by atoms with Crippen LogP contribution in [0.4, 0.5) is 10.5 Å². The number of ether oxygens (including phenoxy) is 1. The molecule has 6 heteroatoms. The molecule has 2 amide bonds. The van der Waals surface area contributed by atoms with Crippen LogP contribution in [0.3, 0.4) is 0 Å². The van der Waals surface area contributed by atoms with Crippen LogP contribution < -0.4 is 5.32 Å². The molecule has 2 aromatic heterocycles. The van der Waals surface area contributed by atoms with E-state index in [2.05, 4.69) is 5.32 Å². The molecule has 3 rings (SSSR count). The van der Waals surface area contributed by atoms with E-state index in [1.165, 1.54) is 0 Å². The fourth-order valence-electron chi connectivity index (χ4n) is 2.77. The third-order valence-corrected chi connectivity index (χ3v) is 4.77. The standard InChI is InChI=1S/C16H20N2O3S/c1-11-9-22-10-13(11)17-16(19)18-7-3-4-14(18)15-6-5-12(21-15)8-20-2/h5-6,9-10,14H,3-4,7-8H2,1-2H3,(H,17,19)/t14-/m1/s1. The first kappa shape index (κ1) is 15.1. The summed E-state index contributed by atoms with van der Waals surface area (Å²) in [7, 11) is 1.64. The highest BCUT2D eigenvalue weighted by molar-refractivity contribution is 7.08.